The third-order valence-electron chi connectivity index (χ3n) is 5.59. The minimum Gasteiger partial charge on any atom is -0.344 e. The van der Waals surface area contributed by atoms with Crippen molar-refractivity contribution in [2.45, 2.75) is 13.0 Å². The van der Waals surface area contributed by atoms with E-state index in [1.807, 2.05) is 55.5 Å². The van der Waals surface area contributed by atoms with Crippen LogP contribution < -0.4 is 5.32 Å². The number of nitrogens with one attached hydrogen (secondary N) is 1. The number of rotatable bonds is 5. The highest BCUT2D eigenvalue weighted by Gasteiger charge is 2.19. The van der Waals surface area contributed by atoms with Gasteiger partial charge >= 0.3 is 0 Å². The Kier molecular flexibility index (Phi) is 5.82. The third kappa shape index (κ3) is 4.40. The molecule has 0 fully saturated rings. The highest BCUT2D eigenvalue weighted by molar-refractivity contribution is 6.30. The molecule has 34 heavy (non-hydrogen) atoms. The number of carbonyl (C=O) groups excluding carboxylic acids is 1. The van der Waals surface area contributed by atoms with E-state index in [1.54, 1.807) is 30.3 Å². The molecular formula is C27H20ClFN4O. The molecule has 5 aromatic rings. The fourth-order valence-corrected chi connectivity index (χ4v) is 3.89. The average molecular weight is 471 g/mol. The number of carbonyl (C=O) groups is 1. The standard InChI is InChI=1S/C27H20ClFN4O/c1-17(18-5-3-2-4-6-18)30-27(34)25-15-23(19-9-13-22(29)14-10-19)31-26-16-24(32-33(25)26)20-7-11-21(28)12-8-20/h2-17H,1H3,(H,30,34). The zero-order chi connectivity index (χ0) is 23.7. The van der Waals surface area contributed by atoms with E-state index in [9.17, 15) is 9.18 Å². The first kappa shape index (κ1) is 21.8. The molecule has 0 aliphatic rings. The number of benzene rings is 3. The first-order valence-corrected chi connectivity index (χ1v) is 11.1. The van der Waals surface area contributed by atoms with Gasteiger partial charge in [0, 0.05) is 22.2 Å². The predicted molar refractivity (Wildman–Crippen MR) is 131 cm³/mol. The second-order valence-corrected chi connectivity index (χ2v) is 8.38. The second-order valence-electron chi connectivity index (χ2n) is 7.95. The van der Waals surface area contributed by atoms with E-state index in [-0.39, 0.29) is 17.8 Å². The Morgan fingerprint density at radius 1 is 0.912 bits per heavy atom. The van der Waals surface area contributed by atoms with Crippen molar-refractivity contribution in [3.8, 4) is 22.5 Å². The maximum Gasteiger partial charge on any atom is 0.270 e. The van der Waals surface area contributed by atoms with Gasteiger partial charge in [-0.05, 0) is 55.0 Å². The summed E-state index contributed by atoms with van der Waals surface area (Å²) >= 11 is 6.03. The van der Waals surface area contributed by atoms with Gasteiger partial charge in [-0.2, -0.15) is 5.10 Å². The highest BCUT2D eigenvalue weighted by Crippen LogP contribution is 2.25. The molecule has 2 aromatic heterocycles. The number of amides is 1. The Morgan fingerprint density at radius 2 is 1.56 bits per heavy atom. The Hall–Kier alpha value is -4.03. The van der Waals surface area contributed by atoms with Gasteiger partial charge in [-0.3, -0.25) is 4.79 Å². The molecule has 2 heterocycles. The van der Waals surface area contributed by atoms with Crippen molar-refractivity contribution in [1.82, 2.24) is 19.9 Å². The molecule has 0 spiro atoms. The van der Waals surface area contributed by atoms with Gasteiger partial charge in [0.15, 0.2) is 5.65 Å². The quantitative estimate of drug-likeness (QED) is 0.325. The molecule has 1 atom stereocenters. The molecule has 168 valence electrons. The van der Waals surface area contributed by atoms with E-state index < -0.39 is 0 Å². The molecule has 5 rings (SSSR count). The third-order valence-corrected chi connectivity index (χ3v) is 5.84. The second kappa shape index (κ2) is 9.08. The Balaban J connectivity index is 1.60. The van der Waals surface area contributed by atoms with Gasteiger partial charge in [-0.1, -0.05) is 54.1 Å². The summed E-state index contributed by atoms with van der Waals surface area (Å²) in [4.78, 5) is 18.1. The lowest BCUT2D eigenvalue weighted by Gasteiger charge is -2.15. The van der Waals surface area contributed by atoms with E-state index in [4.69, 9.17) is 16.6 Å². The summed E-state index contributed by atoms with van der Waals surface area (Å²) in [5.74, 6) is -0.633. The van der Waals surface area contributed by atoms with Crippen LogP contribution in [0.2, 0.25) is 5.02 Å². The van der Waals surface area contributed by atoms with Crippen LogP contribution in [0.15, 0.2) is 91.0 Å². The highest BCUT2D eigenvalue weighted by atomic mass is 35.5. The van der Waals surface area contributed by atoms with Gasteiger partial charge < -0.3 is 5.32 Å². The van der Waals surface area contributed by atoms with Crippen LogP contribution in [0.1, 0.15) is 29.0 Å². The molecule has 7 heteroatoms. The van der Waals surface area contributed by atoms with E-state index in [0.717, 1.165) is 11.1 Å². The van der Waals surface area contributed by atoms with Gasteiger partial charge in [0.25, 0.3) is 5.91 Å². The number of halogens is 2. The van der Waals surface area contributed by atoms with Crippen LogP contribution >= 0.6 is 11.6 Å². The molecule has 3 aromatic carbocycles. The molecule has 0 saturated carbocycles. The smallest absolute Gasteiger partial charge is 0.270 e. The summed E-state index contributed by atoms with van der Waals surface area (Å²) in [5, 5.41) is 8.32. The molecule has 0 bridgehead atoms. The molecule has 5 nitrogen and oxygen atoms in total. The first-order valence-electron chi connectivity index (χ1n) is 10.8. The number of nitrogens with zero attached hydrogens (tertiary/aromatic N) is 3. The molecular weight excluding hydrogens is 451 g/mol. The van der Waals surface area contributed by atoms with Crippen LogP contribution in [0.5, 0.6) is 0 Å². The summed E-state index contributed by atoms with van der Waals surface area (Å²) in [7, 11) is 0. The van der Waals surface area contributed by atoms with Crippen LogP contribution in [-0.4, -0.2) is 20.5 Å². The lowest BCUT2D eigenvalue weighted by Crippen LogP contribution is -2.28. The molecule has 1 amide bonds. The summed E-state index contributed by atoms with van der Waals surface area (Å²) in [6, 6.07) is 26.3. The maximum atomic E-state index is 13.5. The van der Waals surface area contributed by atoms with Gasteiger partial charge in [0.2, 0.25) is 0 Å². The van der Waals surface area contributed by atoms with Crippen LogP contribution in [0.4, 0.5) is 4.39 Å². The van der Waals surface area contributed by atoms with Gasteiger partial charge in [-0.25, -0.2) is 13.9 Å². The SMILES string of the molecule is CC(NC(=O)c1cc(-c2ccc(F)cc2)nc2cc(-c3ccc(Cl)cc3)nn12)c1ccccc1. The molecule has 1 N–H and O–H groups in total. The Morgan fingerprint density at radius 3 is 2.26 bits per heavy atom. The fraction of sp³-hybridized carbons (Fsp3) is 0.0741. The Labute approximate surface area is 200 Å². The largest absolute Gasteiger partial charge is 0.344 e. The summed E-state index contributed by atoms with van der Waals surface area (Å²) in [6.07, 6.45) is 0. The Bertz CT molecular complexity index is 1470. The van der Waals surface area contributed by atoms with Crippen molar-refractivity contribution >= 4 is 23.2 Å². The van der Waals surface area contributed by atoms with Crippen molar-refractivity contribution < 1.29 is 9.18 Å². The fourth-order valence-electron chi connectivity index (χ4n) is 3.76. The van der Waals surface area contributed by atoms with Gasteiger partial charge in [0.1, 0.15) is 11.5 Å². The van der Waals surface area contributed by atoms with Crippen molar-refractivity contribution in [3.05, 3.63) is 113 Å². The van der Waals surface area contributed by atoms with Gasteiger partial charge in [0.05, 0.1) is 17.4 Å². The first-order chi connectivity index (χ1) is 16.5. The van der Waals surface area contributed by atoms with Crippen LogP contribution in [0, 0.1) is 5.82 Å². The monoisotopic (exact) mass is 470 g/mol. The number of aromatic nitrogens is 3. The van der Waals surface area contributed by atoms with E-state index in [1.165, 1.54) is 16.6 Å². The summed E-state index contributed by atoms with van der Waals surface area (Å²) in [6.45, 7) is 1.93. The summed E-state index contributed by atoms with van der Waals surface area (Å²) in [5.41, 5.74) is 4.57. The van der Waals surface area contributed by atoms with E-state index >= 15 is 0 Å². The van der Waals surface area contributed by atoms with Gasteiger partial charge in [-0.15, -0.1) is 0 Å². The number of hydrogen-bond donors (Lipinski definition) is 1. The number of hydrogen-bond acceptors (Lipinski definition) is 3. The lowest BCUT2D eigenvalue weighted by atomic mass is 10.1. The molecule has 1 unspecified atom stereocenters. The van der Waals surface area contributed by atoms with Crippen molar-refractivity contribution in [2.75, 3.05) is 0 Å². The molecule has 0 aliphatic carbocycles. The molecule has 0 saturated heterocycles. The topological polar surface area (TPSA) is 59.3 Å². The minimum absolute atomic E-state index is 0.211. The maximum absolute atomic E-state index is 13.5. The zero-order valence-electron chi connectivity index (χ0n) is 18.2. The van der Waals surface area contributed by atoms with Crippen LogP contribution in [0.25, 0.3) is 28.2 Å². The zero-order valence-corrected chi connectivity index (χ0v) is 19.0. The molecule has 0 radical (unpaired) electrons. The van der Waals surface area contributed by atoms with E-state index in [0.29, 0.717) is 33.3 Å². The van der Waals surface area contributed by atoms with Crippen molar-refractivity contribution in [1.29, 1.82) is 0 Å². The van der Waals surface area contributed by atoms with Crippen molar-refractivity contribution in [3.63, 3.8) is 0 Å². The van der Waals surface area contributed by atoms with E-state index in [2.05, 4.69) is 10.4 Å². The lowest BCUT2D eigenvalue weighted by molar-refractivity contribution is 0.0932. The predicted octanol–water partition coefficient (Wildman–Crippen LogP) is 6.35. The number of fused-ring (bicyclic) bond motifs is 1. The average Bonchev–Trinajstić information content (AvgIpc) is 3.29. The normalized spacial score (nSPS) is 12.0. The molecule has 0 aliphatic heterocycles. The summed E-state index contributed by atoms with van der Waals surface area (Å²) < 4.78 is 15.0. The van der Waals surface area contributed by atoms with Crippen molar-refractivity contribution in [2.24, 2.45) is 0 Å². The van der Waals surface area contributed by atoms with Crippen LogP contribution in [0.3, 0.4) is 0 Å². The minimum atomic E-state index is -0.339. The van der Waals surface area contributed by atoms with Crippen LogP contribution in [-0.2, 0) is 0 Å².